The van der Waals surface area contributed by atoms with Gasteiger partial charge in [-0.2, -0.15) is 0 Å². The molecule has 1 atom stereocenters. The molecule has 4 heteroatoms. The molecular weight excluding hydrogens is 296 g/mol. The van der Waals surface area contributed by atoms with Gasteiger partial charge in [-0.25, -0.2) is 0 Å². The van der Waals surface area contributed by atoms with Crippen molar-refractivity contribution in [2.24, 2.45) is 0 Å². The summed E-state index contributed by atoms with van der Waals surface area (Å²) < 4.78 is 6.39. The van der Waals surface area contributed by atoms with Crippen LogP contribution in [0, 0.1) is 13.8 Å². The summed E-state index contributed by atoms with van der Waals surface area (Å²) >= 11 is 11.5. The molecule has 0 aliphatic rings. The summed E-state index contributed by atoms with van der Waals surface area (Å²) in [7, 11) is 0. The van der Waals surface area contributed by atoms with E-state index in [0.717, 1.165) is 20.0 Å². The van der Waals surface area contributed by atoms with Crippen LogP contribution in [0.5, 0.6) is 0 Å². The van der Waals surface area contributed by atoms with Gasteiger partial charge in [0.2, 0.25) is 0 Å². The highest BCUT2D eigenvalue weighted by Crippen LogP contribution is 2.38. The monoisotopic (exact) mass is 304 g/mol. The van der Waals surface area contributed by atoms with Crippen molar-refractivity contribution in [1.29, 1.82) is 0 Å². The lowest BCUT2D eigenvalue weighted by Gasteiger charge is -2.02. The maximum atomic E-state index is 6.36. The van der Waals surface area contributed by atoms with E-state index in [2.05, 4.69) is 28.9 Å². The van der Waals surface area contributed by atoms with E-state index in [1.54, 1.807) is 17.6 Å². The zero-order valence-electron chi connectivity index (χ0n) is 8.38. The van der Waals surface area contributed by atoms with E-state index >= 15 is 0 Å². The van der Waals surface area contributed by atoms with Crippen molar-refractivity contribution in [3.8, 4) is 0 Å². The van der Waals surface area contributed by atoms with Gasteiger partial charge < -0.3 is 4.42 Å². The van der Waals surface area contributed by atoms with E-state index in [1.807, 2.05) is 13.0 Å². The molecule has 0 aromatic carbocycles. The summed E-state index contributed by atoms with van der Waals surface area (Å²) in [6.07, 6.45) is 1.72. The van der Waals surface area contributed by atoms with Crippen LogP contribution >= 0.6 is 38.9 Å². The summed E-state index contributed by atoms with van der Waals surface area (Å²) in [5, 5.41) is -0.113. The highest BCUT2D eigenvalue weighted by atomic mass is 79.9. The maximum absolute atomic E-state index is 6.36. The fourth-order valence-electron chi connectivity index (χ4n) is 1.37. The molecule has 2 rings (SSSR count). The van der Waals surface area contributed by atoms with Crippen molar-refractivity contribution in [3.63, 3.8) is 0 Å². The number of rotatable bonds is 2. The molecule has 2 aromatic rings. The van der Waals surface area contributed by atoms with Crippen LogP contribution in [-0.4, -0.2) is 0 Å². The lowest BCUT2D eigenvalue weighted by atomic mass is 10.2. The quantitative estimate of drug-likeness (QED) is 0.708. The molecule has 0 aliphatic carbocycles. The van der Waals surface area contributed by atoms with Crippen LogP contribution in [0.3, 0.4) is 0 Å². The first-order valence-corrected chi connectivity index (χ1v) is 6.57. The first-order valence-electron chi connectivity index (χ1n) is 4.53. The zero-order valence-corrected chi connectivity index (χ0v) is 11.5. The summed E-state index contributed by atoms with van der Waals surface area (Å²) in [6.45, 7) is 3.98. The van der Waals surface area contributed by atoms with Crippen molar-refractivity contribution in [2.45, 2.75) is 19.2 Å². The fourth-order valence-corrected chi connectivity index (χ4v) is 3.26. The average Bonchev–Trinajstić information content (AvgIpc) is 2.74. The fraction of sp³-hybridized carbons (Fsp3) is 0.273. The van der Waals surface area contributed by atoms with Gasteiger partial charge in [-0.15, -0.1) is 22.9 Å². The molecule has 0 saturated heterocycles. The Labute approximate surface area is 106 Å². The van der Waals surface area contributed by atoms with Crippen LogP contribution in [0.2, 0.25) is 0 Å². The number of furan rings is 1. The van der Waals surface area contributed by atoms with Crippen LogP contribution in [0.1, 0.15) is 27.1 Å². The molecule has 0 amide bonds. The Morgan fingerprint density at radius 1 is 1.40 bits per heavy atom. The normalized spacial score (nSPS) is 13.1. The van der Waals surface area contributed by atoms with Crippen molar-refractivity contribution >= 4 is 38.9 Å². The van der Waals surface area contributed by atoms with E-state index in [4.69, 9.17) is 16.0 Å². The van der Waals surface area contributed by atoms with Gasteiger partial charge in [-0.05, 0) is 47.5 Å². The zero-order chi connectivity index (χ0) is 11.0. The maximum Gasteiger partial charge on any atom is 0.101 e. The summed E-state index contributed by atoms with van der Waals surface area (Å²) in [6, 6.07) is 4.08. The third-order valence-electron chi connectivity index (χ3n) is 2.17. The van der Waals surface area contributed by atoms with Crippen LogP contribution in [0.25, 0.3) is 0 Å². The Bertz CT molecular complexity index is 455. The number of hydrogen-bond donors (Lipinski definition) is 0. The van der Waals surface area contributed by atoms with Gasteiger partial charge in [0.25, 0.3) is 0 Å². The number of aryl methyl sites for hydroxylation is 2. The van der Waals surface area contributed by atoms with Gasteiger partial charge in [-0.3, -0.25) is 0 Å². The number of thiophene rings is 1. The van der Waals surface area contributed by atoms with E-state index in [9.17, 15) is 0 Å². The number of alkyl halides is 1. The van der Waals surface area contributed by atoms with Crippen molar-refractivity contribution in [2.75, 3.05) is 0 Å². The average molecular weight is 306 g/mol. The molecule has 80 valence electrons. The van der Waals surface area contributed by atoms with Crippen LogP contribution < -0.4 is 0 Å². The van der Waals surface area contributed by atoms with Gasteiger partial charge in [-0.1, -0.05) is 0 Å². The molecule has 0 N–H and O–H groups in total. The highest BCUT2D eigenvalue weighted by molar-refractivity contribution is 9.11. The predicted octanol–water partition coefficient (Wildman–Crippen LogP) is 5.05. The van der Waals surface area contributed by atoms with Crippen molar-refractivity contribution < 1.29 is 4.42 Å². The SMILES string of the molecule is Cc1cc(C(Cl)c2cc(C)c(Br)s2)co1. The molecule has 2 heterocycles. The topological polar surface area (TPSA) is 13.1 Å². The van der Waals surface area contributed by atoms with Crippen LogP contribution in [0.15, 0.2) is 26.6 Å². The molecule has 0 bridgehead atoms. The third-order valence-corrected chi connectivity index (χ3v) is 4.99. The second-order valence-corrected chi connectivity index (χ2v) is 6.30. The lowest BCUT2D eigenvalue weighted by molar-refractivity contribution is 0.532. The Kier molecular flexibility index (Phi) is 3.24. The van der Waals surface area contributed by atoms with Crippen LogP contribution in [0.4, 0.5) is 0 Å². The van der Waals surface area contributed by atoms with Gasteiger partial charge >= 0.3 is 0 Å². The molecule has 0 radical (unpaired) electrons. The summed E-state index contributed by atoms with van der Waals surface area (Å²) in [5.41, 5.74) is 2.24. The first kappa shape index (κ1) is 11.2. The molecule has 15 heavy (non-hydrogen) atoms. The van der Waals surface area contributed by atoms with E-state index in [0.29, 0.717) is 0 Å². The molecule has 0 spiro atoms. The molecule has 0 aliphatic heterocycles. The molecule has 0 fully saturated rings. The van der Waals surface area contributed by atoms with Gasteiger partial charge in [0, 0.05) is 10.4 Å². The second-order valence-electron chi connectivity index (χ2n) is 3.46. The van der Waals surface area contributed by atoms with E-state index in [-0.39, 0.29) is 5.38 Å². The van der Waals surface area contributed by atoms with Gasteiger partial charge in [0.05, 0.1) is 15.4 Å². The molecule has 2 aromatic heterocycles. The molecule has 1 unspecified atom stereocenters. The van der Waals surface area contributed by atoms with Crippen LogP contribution in [-0.2, 0) is 0 Å². The number of hydrogen-bond acceptors (Lipinski definition) is 2. The van der Waals surface area contributed by atoms with Gasteiger partial charge in [0.15, 0.2) is 0 Å². The Hall–Kier alpha value is -0.250. The van der Waals surface area contributed by atoms with E-state index < -0.39 is 0 Å². The number of halogens is 2. The minimum atomic E-state index is -0.113. The predicted molar refractivity (Wildman–Crippen MR) is 67.9 cm³/mol. The molecular formula is C11H10BrClOS. The third kappa shape index (κ3) is 2.30. The summed E-state index contributed by atoms with van der Waals surface area (Å²) in [5.74, 6) is 0.892. The lowest BCUT2D eigenvalue weighted by Crippen LogP contribution is -1.86. The Morgan fingerprint density at radius 2 is 2.13 bits per heavy atom. The second kappa shape index (κ2) is 4.32. The van der Waals surface area contributed by atoms with Crippen molar-refractivity contribution in [3.05, 3.63) is 43.9 Å². The highest BCUT2D eigenvalue weighted by Gasteiger charge is 2.16. The Balaban J connectivity index is 2.31. The molecule has 1 nitrogen and oxygen atoms in total. The van der Waals surface area contributed by atoms with E-state index in [1.165, 1.54) is 5.56 Å². The smallest absolute Gasteiger partial charge is 0.101 e. The summed E-state index contributed by atoms with van der Waals surface area (Å²) in [4.78, 5) is 1.14. The van der Waals surface area contributed by atoms with Crippen molar-refractivity contribution in [1.82, 2.24) is 0 Å². The Morgan fingerprint density at radius 3 is 2.60 bits per heavy atom. The first-order chi connectivity index (χ1) is 7.08. The largest absolute Gasteiger partial charge is 0.469 e. The standard InChI is InChI=1S/C11H10BrClOS/c1-6-3-9(15-11(6)12)10(13)8-4-7(2)14-5-8/h3-5,10H,1-2H3. The minimum absolute atomic E-state index is 0.113. The minimum Gasteiger partial charge on any atom is -0.469 e. The van der Waals surface area contributed by atoms with Gasteiger partial charge in [0.1, 0.15) is 5.76 Å². The molecule has 0 saturated carbocycles.